The van der Waals surface area contributed by atoms with Crippen LogP contribution in [0.1, 0.15) is 13.3 Å². The molecule has 0 aromatic heterocycles. The Hall–Kier alpha value is -0.160. The van der Waals surface area contributed by atoms with Crippen LogP contribution in [0.5, 0.6) is 0 Å². The van der Waals surface area contributed by atoms with Gasteiger partial charge >= 0.3 is 0 Å². The number of rotatable bonds is 7. The second kappa shape index (κ2) is 6.37. The molecule has 12 heavy (non-hydrogen) atoms. The molecule has 0 saturated heterocycles. The monoisotopic (exact) mass is 177 g/mol. The van der Waals surface area contributed by atoms with Gasteiger partial charge in [0.15, 0.2) is 0 Å². The van der Waals surface area contributed by atoms with Crippen LogP contribution in [0, 0.1) is 5.41 Å². The first-order valence-corrected chi connectivity index (χ1v) is 4.04. The molecule has 0 amide bonds. The number of methoxy groups -OCH3 is 2. The summed E-state index contributed by atoms with van der Waals surface area (Å²) in [5, 5.41) is 0. The Morgan fingerprint density at radius 1 is 1.08 bits per heavy atom. The van der Waals surface area contributed by atoms with Gasteiger partial charge in [-0.3, -0.25) is 0 Å². The third-order valence-electron chi connectivity index (χ3n) is 2.04. The molecule has 0 aromatic rings. The van der Waals surface area contributed by atoms with E-state index in [-0.39, 0.29) is 5.41 Å². The summed E-state index contributed by atoms with van der Waals surface area (Å²) in [4.78, 5) is 4.64. The van der Waals surface area contributed by atoms with Gasteiger partial charge in [0.2, 0.25) is 0 Å². The molecule has 0 aliphatic carbocycles. The zero-order valence-electron chi connectivity index (χ0n) is 8.13. The number of ether oxygens (including phenoxy) is 2. The Labute approximate surface area is 73.9 Å². The second-order valence-electron chi connectivity index (χ2n) is 3.03. The van der Waals surface area contributed by atoms with Gasteiger partial charge in [-0.05, 0) is 6.42 Å². The van der Waals surface area contributed by atoms with Crippen LogP contribution in [-0.4, -0.2) is 34.0 Å². The lowest BCUT2D eigenvalue weighted by atomic mass is 9.88. The van der Waals surface area contributed by atoms with E-state index in [1.165, 1.54) is 0 Å². The molecule has 2 N–H and O–H groups in total. The maximum atomic E-state index is 5.09. The van der Waals surface area contributed by atoms with Crippen LogP contribution in [0.15, 0.2) is 0 Å². The van der Waals surface area contributed by atoms with E-state index in [0.717, 1.165) is 6.42 Å². The van der Waals surface area contributed by atoms with Crippen molar-refractivity contribution in [3.8, 4) is 0 Å². The quantitative estimate of drug-likeness (QED) is 0.577. The highest BCUT2D eigenvalue weighted by atomic mass is 16.6. The summed E-state index contributed by atoms with van der Waals surface area (Å²) in [6.07, 6.45) is 0.922. The first kappa shape index (κ1) is 11.8. The Morgan fingerprint density at radius 3 is 1.83 bits per heavy atom. The van der Waals surface area contributed by atoms with E-state index in [4.69, 9.17) is 15.4 Å². The van der Waals surface area contributed by atoms with E-state index < -0.39 is 0 Å². The number of hydrogen-bond donors (Lipinski definition) is 1. The predicted molar refractivity (Wildman–Crippen MR) is 46.6 cm³/mol. The molecule has 0 radical (unpaired) electrons. The van der Waals surface area contributed by atoms with E-state index >= 15 is 0 Å². The Morgan fingerprint density at radius 2 is 1.58 bits per heavy atom. The summed E-state index contributed by atoms with van der Waals surface area (Å²) < 4.78 is 10.2. The van der Waals surface area contributed by atoms with E-state index in [1.807, 2.05) is 0 Å². The summed E-state index contributed by atoms with van der Waals surface area (Å²) >= 11 is 0. The normalized spacial score (nSPS) is 12.0. The van der Waals surface area contributed by atoms with Gasteiger partial charge in [0.1, 0.15) is 0 Å². The van der Waals surface area contributed by atoms with Gasteiger partial charge in [0.25, 0.3) is 0 Å². The zero-order chi connectivity index (χ0) is 9.45. The van der Waals surface area contributed by atoms with Crippen molar-refractivity contribution in [2.45, 2.75) is 13.3 Å². The van der Waals surface area contributed by atoms with Crippen LogP contribution in [0.3, 0.4) is 0 Å². The van der Waals surface area contributed by atoms with Crippen molar-refractivity contribution >= 4 is 0 Å². The molecule has 0 saturated carbocycles. The van der Waals surface area contributed by atoms with E-state index in [0.29, 0.717) is 19.8 Å². The standard InChI is InChI=1S/C8H19NO3/c1-4-8(5-10-2,6-11-3)7-12-9/h4-7,9H2,1-3H3. The van der Waals surface area contributed by atoms with Gasteiger partial charge in [-0.1, -0.05) is 6.92 Å². The van der Waals surface area contributed by atoms with Crippen LogP contribution < -0.4 is 5.90 Å². The maximum absolute atomic E-state index is 5.09. The Kier molecular flexibility index (Phi) is 6.28. The van der Waals surface area contributed by atoms with Gasteiger partial charge in [0.05, 0.1) is 19.8 Å². The molecule has 0 heterocycles. The number of hydrogen-bond acceptors (Lipinski definition) is 4. The first-order valence-electron chi connectivity index (χ1n) is 4.04. The highest BCUT2D eigenvalue weighted by Gasteiger charge is 2.28. The molecular weight excluding hydrogens is 158 g/mol. The molecule has 0 aliphatic heterocycles. The molecule has 0 bridgehead atoms. The fourth-order valence-corrected chi connectivity index (χ4v) is 1.22. The van der Waals surface area contributed by atoms with E-state index in [9.17, 15) is 0 Å². The average Bonchev–Trinajstić information content (AvgIpc) is 2.06. The Bertz CT molecular complexity index is 91.5. The molecule has 0 aromatic carbocycles. The summed E-state index contributed by atoms with van der Waals surface area (Å²) in [6, 6.07) is 0. The summed E-state index contributed by atoms with van der Waals surface area (Å²) in [5.74, 6) is 5.04. The second-order valence-corrected chi connectivity index (χ2v) is 3.03. The van der Waals surface area contributed by atoms with E-state index in [2.05, 4.69) is 11.8 Å². The molecule has 0 rings (SSSR count). The predicted octanol–water partition coefficient (Wildman–Crippen LogP) is 0.566. The van der Waals surface area contributed by atoms with Crippen LogP contribution in [0.25, 0.3) is 0 Å². The van der Waals surface area contributed by atoms with Gasteiger partial charge in [-0.2, -0.15) is 0 Å². The fraction of sp³-hybridized carbons (Fsp3) is 1.00. The van der Waals surface area contributed by atoms with Crippen molar-refractivity contribution in [2.75, 3.05) is 34.0 Å². The van der Waals surface area contributed by atoms with Crippen molar-refractivity contribution in [2.24, 2.45) is 11.3 Å². The van der Waals surface area contributed by atoms with Crippen molar-refractivity contribution in [1.29, 1.82) is 0 Å². The average molecular weight is 177 g/mol. The molecule has 4 nitrogen and oxygen atoms in total. The topological polar surface area (TPSA) is 53.7 Å². The smallest absolute Gasteiger partial charge is 0.0779 e. The highest BCUT2D eigenvalue weighted by Crippen LogP contribution is 2.22. The van der Waals surface area contributed by atoms with Crippen molar-refractivity contribution in [3.63, 3.8) is 0 Å². The molecule has 4 heteroatoms. The molecular formula is C8H19NO3. The van der Waals surface area contributed by atoms with Gasteiger partial charge in [-0.25, -0.2) is 5.90 Å². The summed E-state index contributed by atoms with van der Waals surface area (Å²) in [5.41, 5.74) is -0.0990. The summed E-state index contributed by atoms with van der Waals surface area (Å²) in [6.45, 7) is 3.74. The fourth-order valence-electron chi connectivity index (χ4n) is 1.22. The minimum atomic E-state index is -0.0990. The molecule has 0 spiro atoms. The lowest BCUT2D eigenvalue weighted by Crippen LogP contribution is -2.37. The van der Waals surface area contributed by atoms with Gasteiger partial charge in [0, 0.05) is 19.6 Å². The largest absolute Gasteiger partial charge is 0.384 e. The SMILES string of the molecule is CCC(COC)(COC)CON. The Balaban J connectivity index is 4.06. The first-order chi connectivity index (χ1) is 5.74. The molecule has 0 aliphatic rings. The maximum Gasteiger partial charge on any atom is 0.0779 e. The van der Waals surface area contributed by atoms with Crippen LogP contribution in [0.2, 0.25) is 0 Å². The molecule has 0 fully saturated rings. The molecule has 74 valence electrons. The van der Waals surface area contributed by atoms with Crippen LogP contribution >= 0.6 is 0 Å². The minimum absolute atomic E-state index is 0.0990. The van der Waals surface area contributed by atoms with Gasteiger partial charge < -0.3 is 14.3 Å². The van der Waals surface area contributed by atoms with E-state index in [1.54, 1.807) is 14.2 Å². The van der Waals surface area contributed by atoms with Crippen molar-refractivity contribution < 1.29 is 14.3 Å². The third kappa shape index (κ3) is 3.49. The minimum Gasteiger partial charge on any atom is -0.384 e. The summed E-state index contributed by atoms with van der Waals surface area (Å²) in [7, 11) is 3.33. The van der Waals surface area contributed by atoms with Gasteiger partial charge in [-0.15, -0.1) is 0 Å². The van der Waals surface area contributed by atoms with Crippen molar-refractivity contribution in [1.82, 2.24) is 0 Å². The van der Waals surface area contributed by atoms with Crippen LogP contribution in [-0.2, 0) is 14.3 Å². The molecule has 0 unspecified atom stereocenters. The van der Waals surface area contributed by atoms with Crippen molar-refractivity contribution in [3.05, 3.63) is 0 Å². The lowest BCUT2D eigenvalue weighted by Gasteiger charge is -2.29. The third-order valence-corrected chi connectivity index (χ3v) is 2.04. The molecule has 0 atom stereocenters. The number of nitrogens with two attached hydrogens (primary N) is 1. The highest BCUT2D eigenvalue weighted by molar-refractivity contribution is 4.76. The van der Waals surface area contributed by atoms with Crippen LogP contribution in [0.4, 0.5) is 0 Å². The zero-order valence-corrected chi connectivity index (χ0v) is 8.13. The lowest BCUT2D eigenvalue weighted by molar-refractivity contribution is -0.0530.